The van der Waals surface area contributed by atoms with Crippen molar-refractivity contribution < 1.29 is 4.79 Å². The molecule has 0 aromatic carbocycles. The first-order valence-electron chi connectivity index (χ1n) is 9.41. The van der Waals surface area contributed by atoms with Crippen LogP contribution >= 0.6 is 0 Å². The van der Waals surface area contributed by atoms with E-state index in [4.69, 9.17) is 4.98 Å². The Bertz CT molecular complexity index is 1020. The molecule has 8 nitrogen and oxygen atoms in total. The lowest BCUT2D eigenvalue weighted by molar-refractivity contribution is -0.114. The minimum Gasteiger partial charge on any atom is -0.357 e. The molecule has 0 atom stereocenters. The van der Waals surface area contributed by atoms with Crippen LogP contribution < -0.4 is 10.2 Å². The van der Waals surface area contributed by atoms with Crippen LogP contribution in [0.25, 0.3) is 17.2 Å². The Kier molecular flexibility index (Phi) is 4.77. The molecule has 1 aliphatic heterocycles. The van der Waals surface area contributed by atoms with Gasteiger partial charge < -0.3 is 10.2 Å². The van der Waals surface area contributed by atoms with Gasteiger partial charge in [0.05, 0.1) is 11.4 Å². The molecule has 4 rings (SSSR count). The van der Waals surface area contributed by atoms with Gasteiger partial charge in [-0.3, -0.25) is 4.79 Å². The number of pyridine rings is 1. The summed E-state index contributed by atoms with van der Waals surface area (Å²) < 4.78 is 1.69. The highest BCUT2D eigenvalue weighted by atomic mass is 16.1. The first-order valence-corrected chi connectivity index (χ1v) is 9.41. The van der Waals surface area contributed by atoms with Crippen LogP contribution in [0.3, 0.4) is 0 Å². The first kappa shape index (κ1) is 18.1. The molecule has 1 saturated heterocycles. The predicted molar refractivity (Wildman–Crippen MR) is 108 cm³/mol. The number of amides is 1. The zero-order valence-corrected chi connectivity index (χ0v) is 16.3. The summed E-state index contributed by atoms with van der Waals surface area (Å²) in [7, 11) is 0. The summed E-state index contributed by atoms with van der Waals surface area (Å²) in [5, 5.41) is 7.24. The van der Waals surface area contributed by atoms with Gasteiger partial charge in [-0.15, -0.1) is 0 Å². The highest BCUT2D eigenvalue weighted by molar-refractivity contribution is 5.88. The lowest BCUT2D eigenvalue weighted by atomic mass is 10.2. The number of nitrogens with zero attached hydrogens (tertiary/aromatic N) is 6. The van der Waals surface area contributed by atoms with E-state index in [1.54, 1.807) is 16.9 Å². The van der Waals surface area contributed by atoms with Crippen molar-refractivity contribution in [1.29, 1.82) is 0 Å². The predicted octanol–water partition coefficient (Wildman–Crippen LogP) is 2.90. The number of carbonyl (C=O) groups is 1. The fraction of sp³-hybridized carbons (Fsp3) is 0.350. The quantitative estimate of drug-likeness (QED) is 0.752. The van der Waals surface area contributed by atoms with Crippen molar-refractivity contribution in [2.75, 3.05) is 23.3 Å². The van der Waals surface area contributed by atoms with E-state index < -0.39 is 0 Å². The molecule has 0 aliphatic carbocycles. The molecule has 0 radical (unpaired) electrons. The van der Waals surface area contributed by atoms with Crippen molar-refractivity contribution in [2.24, 2.45) is 0 Å². The first-order chi connectivity index (χ1) is 13.5. The SMILES string of the molecule is CC(=O)Nc1cc(-c2ccnc(N3CCCC3)c2)nc(-n2nc(C)cc2C)n1. The highest BCUT2D eigenvalue weighted by Crippen LogP contribution is 2.26. The van der Waals surface area contributed by atoms with Crippen molar-refractivity contribution in [2.45, 2.75) is 33.6 Å². The van der Waals surface area contributed by atoms with Gasteiger partial charge in [-0.05, 0) is 44.9 Å². The molecule has 1 aliphatic rings. The molecule has 3 aromatic heterocycles. The third kappa shape index (κ3) is 3.71. The Morgan fingerprint density at radius 3 is 2.57 bits per heavy atom. The van der Waals surface area contributed by atoms with Crippen molar-refractivity contribution in [3.63, 3.8) is 0 Å². The van der Waals surface area contributed by atoms with Gasteiger partial charge in [0.25, 0.3) is 5.95 Å². The number of aromatic nitrogens is 5. The van der Waals surface area contributed by atoms with E-state index in [1.807, 2.05) is 32.0 Å². The van der Waals surface area contributed by atoms with Crippen LogP contribution in [0.1, 0.15) is 31.2 Å². The number of carbonyl (C=O) groups excluding carboxylic acids is 1. The largest absolute Gasteiger partial charge is 0.357 e. The van der Waals surface area contributed by atoms with E-state index in [1.165, 1.54) is 19.8 Å². The van der Waals surface area contributed by atoms with Crippen LogP contribution in [-0.2, 0) is 4.79 Å². The normalized spacial score (nSPS) is 13.8. The van der Waals surface area contributed by atoms with Crippen LogP contribution in [0, 0.1) is 13.8 Å². The number of hydrogen-bond acceptors (Lipinski definition) is 6. The van der Waals surface area contributed by atoms with Gasteiger partial charge in [0.2, 0.25) is 5.91 Å². The molecule has 0 unspecified atom stereocenters. The molecule has 1 amide bonds. The maximum Gasteiger partial charge on any atom is 0.253 e. The van der Waals surface area contributed by atoms with Gasteiger partial charge in [-0.2, -0.15) is 10.1 Å². The molecule has 8 heteroatoms. The van der Waals surface area contributed by atoms with Crippen LogP contribution in [0.5, 0.6) is 0 Å². The zero-order valence-electron chi connectivity index (χ0n) is 16.3. The molecule has 28 heavy (non-hydrogen) atoms. The number of anilines is 2. The summed E-state index contributed by atoms with van der Waals surface area (Å²) in [6, 6.07) is 7.70. The summed E-state index contributed by atoms with van der Waals surface area (Å²) in [4.78, 5) is 27.6. The third-order valence-corrected chi connectivity index (χ3v) is 4.69. The summed E-state index contributed by atoms with van der Waals surface area (Å²) in [6.07, 6.45) is 4.18. The number of hydrogen-bond donors (Lipinski definition) is 1. The topological polar surface area (TPSA) is 88.8 Å². The molecule has 144 valence electrons. The minimum atomic E-state index is -0.184. The summed E-state index contributed by atoms with van der Waals surface area (Å²) in [5.41, 5.74) is 3.45. The smallest absolute Gasteiger partial charge is 0.253 e. The maximum absolute atomic E-state index is 11.6. The second-order valence-corrected chi connectivity index (χ2v) is 7.06. The van der Waals surface area contributed by atoms with Gasteiger partial charge in [0, 0.05) is 43.5 Å². The second kappa shape index (κ2) is 7.38. The molecule has 0 bridgehead atoms. The van der Waals surface area contributed by atoms with Crippen LogP contribution in [0.2, 0.25) is 0 Å². The van der Waals surface area contributed by atoms with E-state index in [0.717, 1.165) is 35.9 Å². The summed E-state index contributed by atoms with van der Waals surface area (Å²) in [6.45, 7) is 7.38. The van der Waals surface area contributed by atoms with Crippen molar-refractivity contribution >= 4 is 17.5 Å². The molecule has 1 fully saturated rings. The third-order valence-electron chi connectivity index (χ3n) is 4.69. The van der Waals surface area contributed by atoms with Crippen molar-refractivity contribution in [3.05, 3.63) is 41.9 Å². The van der Waals surface area contributed by atoms with Crippen LogP contribution in [0.15, 0.2) is 30.5 Å². The Morgan fingerprint density at radius 1 is 1.11 bits per heavy atom. The monoisotopic (exact) mass is 377 g/mol. The molecular weight excluding hydrogens is 354 g/mol. The zero-order chi connectivity index (χ0) is 19.7. The Morgan fingerprint density at radius 2 is 1.89 bits per heavy atom. The Balaban J connectivity index is 1.79. The average Bonchev–Trinajstić information content (AvgIpc) is 3.30. The maximum atomic E-state index is 11.6. The Labute approximate surface area is 163 Å². The molecular formula is C20H23N7O. The molecule has 0 saturated carbocycles. The molecule has 1 N–H and O–H groups in total. The van der Waals surface area contributed by atoms with Crippen molar-refractivity contribution in [1.82, 2.24) is 24.7 Å². The molecule has 3 aromatic rings. The fourth-order valence-electron chi connectivity index (χ4n) is 3.45. The summed E-state index contributed by atoms with van der Waals surface area (Å²) >= 11 is 0. The van der Waals surface area contributed by atoms with E-state index in [2.05, 4.69) is 25.3 Å². The molecule has 4 heterocycles. The van der Waals surface area contributed by atoms with Crippen molar-refractivity contribution in [3.8, 4) is 17.2 Å². The van der Waals surface area contributed by atoms with Gasteiger partial charge >= 0.3 is 0 Å². The standard InChI is InChI=1S/C20H23N7O/c1-13-10-14(2)27(25-13)20-23-17(12-18(24-20)22-15(3)28)16-6-7-21-19(11-16)26-8-4-5-9-26/h6-7,10-12H,4-5,8-9H2,1-3H3,(H,22,23,24,28). The number of aryl methyl sites for hydroxylation is 2. The van der Waals surface area contributed by atoms with Crippen LogP contribution in [-0.4, -0.2) is 43.7 Å². The van der Waals surface area contributed by atoms with Gasteiger partial charge in [-0.25, -0.2) is 14.6 Å². The summed E-state index contributed by atoms with van der Waals surface area (Å²) in [5.74, 6) is 1.63. The van der Waals surface area contributed by atoms with Gasteiger partial charge in [0.1, 0.15) is 11.6 Å². The number of nitrogens with one attached hydrogen (secondary N) is 1. The second-order valence-electron chi connectivity index (χ2n) is 7.06. The fourth-order valence-corrected chi connectivity index (χ4v) is 3.45. The van der Waals surface area contributed by atoms with E-state index in [9.17, 15) is 4.79 Å². The minimum absolute atomic E-state index is 0.184. The molecule has 0 spiro atoms. The van der Waals surface area contributed by atoms with Gasteiger partial charge in [-0.1, -0.05) is 0 Å². The van der Waals surface area contributed by atoms with E-state index in [-0.39, 0.29) is 5.91 Å². The van der Waals surface area contributed by atoms with Crippen LogP contribution in [0.4, 0.5) is 11.6 Å². The lowest BCUT2D eigenvalue weighted by Gasteiger charge is -2.17. The Hall–Kier alpha value is -3.29. The van der Waals surface area contributed by atoms with E-state index >= 15 is 0 Å². The highest BCUT2D eigenvalue weighted by Gasteiger charge is 2.16. The van der Waals surface area contributed by atoms with E-state index in [0.29, 0.717) is 17.5 Å². The lowest BCUT2D eigenvalue weighted by Crippen LogP contribution is -2.18. The number of rotatable bonds is 4. The van der Waals surface area contributed by atoms with Gasteiger partial charge in [0.15, 0.2) is 0 Å². The average molecular weight is 377 g/mol.